The van der Waals surface area contributed by atoms with Crippen molar-refractivity contribution in [3.63, 3.8) is 0 Å². The molecule has 17 heavy (non-hydrogen) atoms. The zero-order valence-corrected chi connectivity index (χ0v) is 12.7. The molecule has 0 nitrogen and oxygen atoms in total. The topological polar surface area (TPSA) is 0 Å². The molecular formula is C15H27Cl2. The molecule has 0 fully saturated rings. The maximum atomic E-state index is 5.54. The lowest BCUT2D eigenvalue weighted by Crippen LogP contribution is -1.82. The summed E-state index contributed by atoms with van der Waals surface area (Å²) >= 11 is 11.1. The van der Waals surface area contributed by atoms with E-state index < -0.39 is 0 Å². The van der Waals surface area contributed by atoms with Crippen molar-refractivity contribution in [3.05, 3.63) is 17.0 Å². The highest BCUT2D eigenvalue weighted by Crippen LogP contribution is 2.13. The van der Waals surface area contributed by atoms with Gasteiger partial charge in [-0.3, -0.25) is 0 Å². The van der Waals surface area contributed by atoms with Crippen LogP contribution in [0, 0.1) is 6.42 Å². The van der Waals surface area contributed by atoms with Gasteiger partial charge >= 0.3 is 0 Å². The van der Waals surface area contributed by atoms with Gasteiger partial charge in [-0.25, -0.2) is 0 Å². The van der Waals surface area contributed by atoms with Gasteiger partial charge in [0.1, 0.15) is 4.49 Å². The molecule has 0 aliphatic rings. The molecule has 0 aliphatic heterocycles. The molecular weight excluding hydrogens is 251 g/mol. The quantitative estimate of drug-likeness (QED) is 0.343. The first kappa shape index (κ1) is 17.3. The molecule has 0 aliphatic carbocycles. The van der Waals surface area contributed by atoms with E-state index in [1.807, 2.05) is 6.08 Å². The Balaban J connectivity index is 2.96. The number of rotatable bonds is 12. The van der Waals surface area contributed by atoms with Crippen molar-refractivity contribution in [3.8, 4) is 0 Å². The van der Waals surface area contributed by atoms with Crippen LogP contribution in [0.4, 0.5) is 0 Å². The Morgan fingerprint density at radius 3 is 1.53 bits per heavy atom. The van der Waals surface area contributed by atoms with Crippen LogP contribution in [-0.4, -0.2) is 0 Å². The Morgan fingerprint density at radius 1 is 0.706 bits per heavy atom. The first-order chi connectivity index (χ1) is 8.27. The molecule has 0 spiro atoms. The average molecular weight is 278 g/mol. The number of allylic oxidation sites excluding steroid dienone is 1. The van der Waals surface area contributed by atoms with Crippen molar-refractivity contribution in [2.75, 3.05) is 0 Å². The fraction of sp³-hybridized carbons (Fsp3) is 0.800. The minimum absolute atomic E-state index is 0.411. The molecule has 0 atom stereocenters. The van der Waals surface area contributed by atoms with E-state index in [0.717, 1.165) is 6.42 Å². The number of unbranched alkanes of at least 4 members (excludes halogenated alkanes) is 11. The molecule has 0 bridgehead atoms. The highest BCUT2D eigenvalue weighted by Gasteiger charge is 1.92. The molecule has 2 heteroatoms. The fourth-order valence-corrected chi connectivity index (χ4v) is 2.16. The summed E-state index contributed by atoms with van der Waals surface area (Å²) in [6.07, 6.45) is 18.8. The highest BCUT2D eigenvalue weighted by atomic mass is 35.5. The second-order valence-corrected chi connectivity index (χ2v) is 5.67. The third-order valence-corrected chi connectivity index (χ3v) is 3.30. The van der Waals surface area contributed by atoms with Gasteiger partial charge in [0.2, 0.25) is 0 Å². The molecule has 101 valence electrons. The van der Waals surface area contributed by atoms with E-state index in [4.69, 9.17) is 23.2 Å². The summed E-state index contributed by atoms with van der Waals surface area (Å²) in [6.45, 7) is 2.15. The molecule has 0 aromatic carbocycles. The lowest BCUT2D eigenvalue weighted by atomic mass is 10.1. The molecule has 0 heterocycles. The highest BCUT2D eigenvalue weighted by molar-refractivity contribution is 6.55. The maximum Gasteiger partial charge on any atom is 0.102 e. The van der Waals surface area contributed by atoms with Gasteiger partial charge in [-0.1, -0.05) is 94.0 Å². The minimum atomic E-state index is 0.411. The van der Waals surface area contributed by atoms with Gasteiger partial charge in [0.15, 0.2) is 0 Å². The van der Waals surface area contributed by atoms with Gasteiger partial charge < -0.3 is 0 Å². The van der Waals surface area contributed by atoms with Crippen molar-refractivity contribution in [2.24, 2.45) is 0 Å². The molecule has 0 unspecified atom stereocenters. The monoisotopic (exact) mass is 277 g/mol. The smallest absolute Gasteiger partial charge is 0.0713 e. The molecule has 1 radical (unpaired) electrons. The lowest BCUT2D eigenvalue weighted by molar-refractivity contribution is 0.559. The van der Waals surface area contributed by atoms with Crippen LogP contribution in [0.5, 0.6) is 0 Å². The van der Waals surface area contributed by atoms with Crippen LogP contribution in [0.1, 0.15) is 77.6 Å². The summed E-state index contributed by atoms with van der Waals surface area (Å²) in [4.78, 5) is 0. The maximum absolute atomic E-state index is 5.54. The molecule has 0 N–H and O–H groups in total. The second-order valence-electron chi connectivity index (χ2n) is 4.66. The fourth-order valence-electron chi connectivity index (χ4n) is 1.94. The molecule has 0 saturated carbocycles. The third kappa shape index (κ3) is 16.3. The Morgan fingerprint density at radius 2 is 1.12 bits per heavy atom. The summed E-state index contributed by atoms with van der Waals surface area (Å²) in [5.41, 5.74) is 0. The summed E-state index contributed by atoms with van der Waals surface area (Å²) in [5, 5.41) is 0. The molecule has 0 saturated heterocycles. The van der Waals surface area contributed by atoms with Crippen LogP contribution in [0.25, 0.3) is 0 Å². The Kier molecular flexibility index (Phi) is 14.7. The van der Waals surface area contributed by atoms with Crippen LogP contribution in [0.2, 0.25) is 0 Å². The van der Waals surface area contributed by atoms with E-state index in [1.165, 1.54) is 64.2 Å². The Bertz CT molecular complexity index is 172. The van der Waals surface area contributed by atoms with Crippen LogP contribution in [0.15, 0.2) is 10.6 Å². The summed E-state index contributed by atoms with van der Waals surface area (Å²) < 4.78 is 0.411. The Hall–Kier alpha value is 0.320. The molecule has 0 rings (SSSR count). The predicted molar refractivity (Wildman–Crippen MR) is 80.6 cm³/mol. The summed E-state index contributed by atoms with van der Waals surface area (Å²) in [5.74, 6) is 0. The second kappa shape index (κ2) is 14.4. The van der Waals surface area contributed by atoms with Gasteiger partial charge in [-0.05, 0) is 19.3 Å². The van der Waals surface area contributed by atoms with E-state index in [9.17, 15) is 0 Å². The van der Waals surface area contributed by atoms with Crippen molar-refractivity contribution in [1.82, 2.24) is 0 Å². The van der Waals surface area contributed by atoms with Gasteiger partial charge in [0.25, 0.3) is 0 Å². The largest absolute Gasteiger partial charge is 0.102 e. The molecule has 0 amide bonds. The first-order valence-corrected chi connectivity index (χ1v) is 7.82. The predicted octanol–water partition coefficient (Wildman–Crippen LogP) is 6.82. The third-order valence-electron chi connectivity index (χ3n) is 3.00. The number of halogens is 2. The van der Waals surface area contributed by atoms with E-state index in [1.54, 1.807) is 0 Å². The minimum Gasteiger partial charge on any atom is -0.0713 e. The normalized spacial score (nSPS) is 10.5. The SMILES string of the molecule is C[CH]CCCCCCCCCCCC=C(Cl)Cl. The first-order valence-electron chi connectivity index (χ1n) is 7.06. The number of hydrogen-bond acceptors (Lipinski definition) is 0. The zero-order valence-electron chi connectivity index (χ0n) is 11.2. The van der Waals surface area contributed by atoms with Crippen molar-refractivity contribution in [2.45, 2.75) is 77.6 Å². The summed E-state index contributed by atoms with van der Waals surface area (Å²) in [7, 11) is 0. The standard InChI is InChI=1S/C15H27Cl2/c1-2-3-4-5-6-7-8-9-10-11-12-13-14-15(16)17/h2,14H,3-13H2,1H3. The average Bonchev–Trinajstić information content (AvgIpc) is 2.30. The van der Waals surface area contributed by atoms with E-state index in [-0.39, 0.29) is 0 Å². The van der Waals surface area contributed by atoms with E-state index in [2.05, 4.69) is 13.3 Å². The van der Waals surface area contributed by atoms with Gasteiger partial charge in [-0.2, -0.15) is 0 Å². The Labute approximate surface area is 118 Å². The van der Waals surface area contributed by atoms with Crippen LogP contribution >= 0.6 is 23.2 Å². The van der Waals surface area contributed by atoms with Crippen LogP contribution in [0.3, 0.4) is 0 Å². The van der Waals surface area contributed by atoms with Crippen molar-refractivity contribution in [1.29, 1.82) is 0 Å². The summed E-state index contributed by atoms with van der Waals surface area (Å²) in [6, 6.07) is 0. The van der Waals surface area contributed by atoms with E-state index >= 15 is 0 Å². The van der Waals surface area contributed by atoms with Gasteiger partial charge in [0.05, 0.1) is 0 Å². The van der Waals surface area contributed by atoms with Crippen LogP contribution in [-0.2, 0) is 0 Å². The van der Waals surface area contributed by atoms with E-state index in [0.29, 0.717) is 4.49 Å². The van der Waals surface area contributed by atoms with Crippen LogP contribution < -0.4 is 0 Å². The lowest BCUT2D eigenvalue weighted by Gasteiger charge is -2.01. The zero-order chi connectivity index (χ0) is 12.8. The van der Waals surface area contributed by atoms with Gasteiger partial charge in [-0.15, -0.1) is 0 Å². The number of hydrogen-bond donors (Lipinski definition) is 0. The van der Waals surface area contributed by atoms with Gasteiger partial charge in [0, 0.05) is 0 Å². The molecule has 0 aromatic heterocycles. The molecule has 0 aromatic rings. The van der Waals surface area contributed by atoms with Crippen molar-refractivity contribution < 1.29 is 0 Å². The van der Waals surface area contributed by atoms with Crippen molar-refractivity contribution >= 4 is 23.2 Å².